The molecule has 0 aliphatic heterocycles. The molecule has 0 spiro atoms. The second kappa shape index (κ2) is 6.70. The molecule has 0 aromatic rings. The van der Waals surface area contributed by atoms with Crippen LogP contribution in [0.4, 0.5) is 0 Å². The average Bonchev–Trinajstić information content (AvgIpc) is 2.26. The molecule has 0 unspecified atom stereocenters. The van der Waals surface area contributed by atoms with Gasteiger partial charge in [0.25, 0.3) is 0 Å². The van der Waals surface area contributed by atoms with Crippen LogP contribution in [0.5, 0.6) is 0 Å². The summed E-state index contributed by atoms with van der Waals surface area (Å²) < 4.78 is 0. The van der Waals surface area contributed by atoms with Crippen molar-refractivity contribution < 1.29 is 14.4 Å². The van der Waals surface area contributed by atoms with E-state index in [9.17, 15) is 14.4 Å². The lowest BCUT2D eigenvalue weighted by atomic mass is 10.00. The predicted molar refractivity (Wildman–Crippen MR) is 49.7 cm³/mol. The van der Waals surface area contributed by atoms with E-state index >= 15 is 0 Å². The highest BCUT2D eigenvalue weighted by atomic mass is 16.2. The van der Waals surface area contributed by atoms with Crippen LogP contribution in [0.2, 0.25) is 0 Å². The number of amides is 3. The highest BCUT2D eigenvalue weighted by Gasteiger charge is 2.23. The highest BCUT2D eigenvalue weighted by Crippen LogP contribution is 2.08. The number of hydrogen-bond donors (Lipinski definition) is 6. The number of hydrogen-bond acceptors (Lipinski definition) is 6. The number of nitrogens with one attached hydrogen (secondary N) is 3. The minimum absolute atomic E-state index is 0.243. The summed E-state index contributed by atoms with van der Waals surface area (Å²) in [6, 6.07) is 0. The molecule has 0 aromatic carbocycles. The van der Waals surface area contributed by atoms with Gasteiger partial charge in [-0.3, -0.25) is 30.7 Å². The van der Waals surface area contributed by atoms with E-state index in [0.29, 0.717) is 0 Å². The predicted octanol–water partition coefficient (Wildman–Crippen LogP) is -3.65. The van der Waals surface area contributed by atoms with E-state index in [0.717, 1.165) is 0 Å². The first-order valence-electron chi connectivity index (χ1n) is 4.04. The van der Waals surface area contributed by atoms with Crippen LogP contribution in [-0.4, -0.2) is 17.7 Å². The molecule has 0 heterocycles. The zero-order chi connectivity index (χ0) is 11.8. The van der Waals surface area contributed by atoms with Gasteiger partial charge in [0.2, 0.25) is 17.7 Å². The Balaban J connectivity index is 4.37. The summed E-state index contributed by atoms with van der Waals surface area (Å²) in [4.78, 5) is 32.9. The fourth-order valence-corrected chi connectivity index (χ4v) is 0.941. The molecular formula is C6H14N6O3. The first-order chi connectivity index (χ1) is 7.04. The first kappa shape index (κ1) is 13.3. The molecule has 15 heavy (non-hydrogen) atoms. The molecule has 0 saturated carbocycles. The molecule has 9 N–H and O–H groups in total. The SMILES string of the molecule is NNC(=O)CC(CC(=O)NN)C(=O)NN. The number of rotatable bonds is 5. The van der Waals surface area contributed by atoms with Crippen LogP contribution in [0.1, 0.15) is 12.8 Å². The third-order valence-electron chi connectivity index (χ3n) is 1.70. The molecule has 0 aliphatic rings. The normalized spacial score (nSPS) is 9.60. The van der Waals surface area contributed by atoms with Crippen molar-refractivity contribution in [2.75, 3.05) is 0 Å². The van der Waals surface area contributed by atoms with Crippen LogP contribution >= 0.6 is 0 Å². The molecule has 0 aliphatic carbocycles. The van der Waals surface area contributed by atoms with Gasteiger partial charge in [-0.25, -0.2) is 17.5 Å². The minimum atomic E-state index is -0.901. The fourth-order valence-electron chi connectivity index (χ4n) is 0.941. The van der Waals surface area contributed by atoms with Crippen molar-refractivity contribution in [3.63, 3.8) is 0 Å². The third kappa shape index (κ3) is 4.90. The Labute approximate surface area is 85.6 Å². The van der Waals surface area contributed by atoms with Gasteiger partial charge >= 0.3 is 0 Å². The van der Waals surface area contributed by atoms with Crippen LogP contribution in [0, 0.1) is 5.92 Å². The van der Waals surface area contributed by atoms with Crippen molar-refractivity contribution >= 4 is 17.7 Å². The van der Waals surface area contributed by atoms with Crippen molar-refractivity contribution in [1.82, 2.24) is 16.3 Å². The third-order valence-corrected chi connectivity index (χ3v) is 1.70. The molecule has 9 heteroatoms. The van der Waals surface area contributed by atoms with E-state index in [1.807, 2.05) is 16.3 Å². The average molecular weight is 218 g/mol. The Morgan fingerprint density at radius 2 is 1.27 bits per heavy atom. The van der Waals surface area contributed by atoms with Crippen molar-refractivity contribution in [1.29, 1.82) is 0 Å². The van der Waals surface area contributed by atoms with Crippen LogP contribution < -0.4 is 33.8 Å². The van der Waals surface area contributed by atoms with Gasteiger partial charge in [-0.05, 0) is 0 Å². The van der Waals surface area contributed by atoms with E-state index in [1.165, 1.54) is 0 Å². The van der Waals surface area contributed by atoms with E-state index in [2.05, 4.69) is 0 Å². The Bertz CT molecular complexity index is 237. The molecule has 0 aromatic heterocycles. The van der Waals surface area contributed by atoms with Gasteiger partial charge in [0.1, 0.15) is 0 Å². The van der Waals surface area contributed by atoms with Crippen LogP contribution in [0.15, 0.2) is 0 Å². The standard InChI is InChI=1S/C6H14N6O3/c7-10-4(13)1-3(6(15)12-9)2-5(14)11-8/h3H,1-2,7-9H2,(H,10,13)(H,11,14)(H,12,15). The summed E-state index contributed by atoms with van der Waals surface area (Å²) in [5, 5.41) is 0. The first-order valence-corrected chi connectivity index (χ1v) is 4.04. The molecule has 86 valence electrons. The van der Waals surface area contributed by atoms with Gasteiger partial charge in [0.05, 0.1) is 5.92 Å². The number of carbonyl (C=O) groups is 3. The zero-order valence-electron chi connectivity index (χ0n) is 7.95. The molecule has 9 nitrogen and oxygen atoms in total. The second-order valence-corrected chi connectivity index (χ2v) is 2.75. The van der Waals surface area contributed by atoms with Gasteiger partial charge in [0, 0.05) is 12.8 Å². The molecule has 3 amide bonds. The Morgan fingerprint density at radius 1 is 0.867 bits per heavy atom. The Kier molecular flexibility index (Phi) is 5.94. The maximum Gasteiger partial charge on any atom is 0.238 e. The van der Waals surface area contributed by atoms with Crippen LogP contribution in [-0.2, 0) is 14.4 Å². The molecule has 0 saturated heterocycles. The Morgan fingerprint density at radius 3 is 1.53 bits per heavy atom. The smallest absolute Gasteiger partial charge is 0.238 e. The number of carbonyl (C=O) groups excluding carboxylic acids is 3. The van der Waals surface area contributed by atoms with E-state index < -0.39 is 23.6 Å². The summed E-state index contributed by atoms with van der Waals surface area (Å²) in [6.45, 7) is 0. The maximum atomic E-state index is 11.1. The van der Waals surface area contributed by atoms with Gasteiger partial charge in [-0.15, -0.1) is 0 Å². The summed E-state index contributed by atoms with van der Waals surface area (Å²) in [7, 11) is 0. The molecule has 0 bridgehead atoms. The van der Waals surface area contributed by atoms with Crippen molar-refractivity contribution in [3.8, 4) is 0 Å². The van der Waals surface area contributed by atoms with Gasteiger partial charge in [-0.2, -0.15) is 0 Å². The lowest BCUT2D eigenvalue weighted by Gasteiger charge is -2.12. The van der Waals surface area contributed by atoms with Crippen LogP contribution in [0.3, 0.4) is 0 Å². The Hall–Kier alpha value is -1.71. The molecule has 0 fully saturated rings. The lowest BCUT2D eigenvalue weighted by Crippen LogP contribution is -2.42. The largest absolute Gasteiger partial charge is 0.294 e. The van der Waals surface area contributed by atoms with Crippen molar-refractivity contribution in [2.45, 2.75) is 12.8 Å². The van der Waals surface area contributed by atoms with Crippen LogP contribution in [0.25, 0.3) is 0 Å². The molecule has 0 atom stereocenters. The minimum Gasteiger partial charge on any atom is -0.294 e. The molecule has 0 radical (unpaired) electrons. The summed E-state index contributed by atoms with van der Waals surface area (Å²) >= 11 is 0. The monoisotopic (exact) mass is 218 g/mol. The van der Waals surface area contributed by atoms with Crippen molar-refractivity contribution in [3.05, 3.63) is 0 Å². The lowest BCUT2D eigenvalue weighted by molar-refractivity contribution is -0.133. The van der Waals surface area contributed by atoms with Gasteiger partial charge < -0.3 is 0 Å². The summed E-state index contributed by atoms with van der Waals surface area (Å²) in [6.07, 6.45) is -0.486. The van der Waals surface area contributed by atoms with Gasteiger partial charge in [0.15, 0.2) is 0 Å². The van der Waals surface area contributed by atoms with E-state index in [1.54, 1.807) is 0 Å². The van der Waals surface area contributed by atoms with Crippen molar-refractivity contribution in [2.24, 2.45) is 23.4 Å². The topological polar surface area (TPSA) is 165 Å². The number of nitrogens with two attached hydrogens (primary N) is 3. The van der Waals surface area contributed by atoms with E-state index in [4.69, 9.17) is 17.5 Å². The fraction of sp³-hybridized carbons (Fsp3) is 0.500. The summed E-state index contributed by atoms with van der Waals surface area (Å²) in [5.74, 6) is 11.9. The number of hydrazine groups is 3. The molecular weight excluding hydrogens is 204 g/mol. The maximum absolute atomic E-state index is 11.1. The quantitative estimate of drug-likeness (QED) is 0.158. The van der Waals surface area contributed by atoms with E-state index in [-0.39, 0.29) is 12.8 Å². The molecule has 0 rings (SSSR count). The highest BCUT2D eigenvalue weighted by molar-refractivity contribution is 5.89. The summed E-state index contributed by atoms with van der Waals surface area (Å²) in [5.41, 5.74) is 5.53. The zero-order valence-corrected chi connectivity index (χ0v) is 7.95. The second-order valence-electron chi connectivity index (χ2n) is 2.75. The van der Waals surface area contributed by atoms with Gasteiger partial charge in [-0.1, -0.05) is 0 Å².